The number of likely N-dealkylation sites (tertiary alicyclic amines) is 1. The van der Waals surface area contributed by atoms with Crippen LogP contribution in [0.3, 0.4) is 0 Å². The molecule has 1 aliphatic rings. The van der Waals surface area contributed by atoms with Crippen LogP contribution in [0.1, 0.15) is 37.6 Å². The van der Waals surface area contributed by atoms with Gasteiger partial charge in [-0.2, -0.15) is 0 Å². The van der Waals surface area contributed by atoms with Crippen molar-refractivity contribution in [3.05, 3.63) is 58.9 Å². The molecule has 3 heterocycles. The second-order valence-electron chi connectivity index (χ2n) is 8.61. The van der Waals surface area contributed by atoms with E-state index >= 15 is 0 Å². The van der Waals surface area contributed by atoms with Gasteiger partial charge < -0.3 is 34.8 Å². The first kappa shape index (κ1) is 26.6. The van der Waals surface area contributed by atoms with Gasteiger partial charge >= 0.3 is 5.97 Å². The average molecular weight is 500 g/mol. The molecule has 2 unspecified atom stereocenters. The van der Waals surface area contributed by atoms with Crippen LogP contribution in [0.15, 0.2) is 47.9 Å². The minimum atomic E-state index is -1.32. The second kappa shape index (κ2) is 11.1. The Morgan fingerprint density at radius 3 is 2.58 bits per heavy atom. The summed E-state index contributed by atoms with van der Waals surface area (Å²) >= 11 is 0. The number of fused-ring (bicyclic) bond motifs is 1. The largest absolute Gasteiger partial charge is 0.477 e. The topological polar surface area (TPSA) is 167 Å². The number of H-pyrrole nitrogens is 2. The zero-order valence-corrected chi connectivity index (χ0v) is 20.4. The number of carboxylic acid groups (broad SMARTS) is 1. The fourth-order valence-electron chi connectivity index (χ4n) is 3.83. The van der Waals surface area contributed by atoms with E-state index in [9.17, 15) is 19.2 Å². The highest BCUT2D eigenvalue weighted by molar-refractivity contribution is 5.99. The van der Waals surface area contributed by atoms with Crippen molar-refractivity contribution in [3.8, 4) is 0 Å². The summed E-state index contributed by atoms with van der Waals surface area (Å²) in [6.07, 6.45) is 6.15. The molecule has 4 N–H and O–H groups in total. The molecule has 2 aromatic heterocycles. The van der Waals surface area contributed by atoms with Gasteiger partial charge in [0.25, 0.3) is 0 Å². The first-order valence-corrected chi connectivity index (χ1v) is 11.1. The van der Waals surface area contributed by atoms with E-state index in [4.69, 9.17) is 14.6 Å². The second-order valence-corrected chi connectivity index (χ2v) is 8.61. The Kier molecular flexibility index (Phi) is 8.22. The number of anilines is 1. The summed E-state index contributed by atoms with van der Waals surface area (Å²) in [4.78, 5) is 59.0. The molecule has 1 aliphatic heterocycles. The number of nitrogens with one attached hydrogen (secondary N) is 3. The van der Waals surface area contributed by atoms with E-state index in [2.05, 4.69) is 20.3 Å². The third-order valence-electron chi connectivity index (χ3n) is 5.70. The average Bonchev–Trinajstić information content (AvgIpc) is 3.52. The number of aromatic carboxylic acids is 1. The molecule has 0 radical (unpaired) electrons. The van der Waals surface area contributed by atoms with Crippen molar-refractivity contribution in [3.63, 3.8) is 0 Å². The smallest absolute Gasteiger partial charge is 0.341 e. The number of rotatable bonds is 6. The number of carbonyl (C=O) groups is 3. The summed E-state index contributed by atoms with van der Waals surface area (Å²) in [6.45, 7) is 5.17. The Balaban J connectivity index is 0.000000642. The molecule has 1 fully saturated rings. The lowest BCUT2D eigenvalue weighted by Crippen LogP contribution is -2.42. The van der Waals surface area contributed by atoms with Crippen LogP contribution in [0.4, 0.5) is 5.69 Å². The maximum Gasteiger partial charge on any atom is 0.341 e. The monoisotopic (exact) mass is 499 g/mol. The van der Waals surface area contributed by atoms with E-state index in [1.807, 2.05) is 0 Å². The molecule has 12 nitrogen and oxygen atoms in total. The summed E-state index contributed by atoms with van der Waals surface area (Å²) in [6, 6.07) is 3.77. The molecule has 36 heavy (non-hydrogen) atoms. The number of carbonyl (C=O) groups excluding carboxylic acids is 2. The predicted octanol–water partition coefficient (Wildman–Crippen LogP) is 1.96. The Bertz CT molecular complexity index is 1270. The number of ether oxygens (including phenoxy) is 2. The van der Waals surface area contributed by atoms with Gasteiger partial charge in [0.2, 0.25) is 17.2 Å². The Morgan fingerprint density at radius 2 is 2.03 bits per heavy atom. The number of imidazole rings is 1. The van der Waals surface area contributed by atoms with E-state index in [1.165, 1.54) is 37.1 Å². The number of aromatic nitrogens is 3. The Morgan fingerprint density at radius 1 is 1.28 bits per heavy atom. The zero-order chi connectivity index (χ0) is 26.5. The van der Waals surface area contributed by atoms with Crippen LogP contribution in [-0.4, -0.2) is 74.3 Å². The van der Waals surface area contributed by atoms with Crippen molar-refractivity contribution in [2.45, 2.75) is 45.1 Å². The van der Waals surface area contributed by atoms with Crippen molar-refractivity contribution in [1.82, 2.24) is 19.9 Å². The van der Waals surface area contributed by atoms with Gasteiger partial charge in [0, 0.05) is 56.7 Å². The number of nitrogens with zero attached hydrogens (tertiary/aromatic N) is 2. The van der Waals surface area contributed by atoms with Crippen LogP contribution in [0.25, 0.3) is 10.9 Å². The standard InChI is InChI=1S/C21H25N3O7.C3H4N2/c1-11(25)24-10-13(31-21(2,3)30-4)8-17(24)19(27)23-12-5-6-14-16(7-12)22-9-15(18(14)26)20(28)29;1-2-5-3-4-1/h5-7,9,13,17H,8,10H2,1-4H3,(H,22,26)(H,23,27)(H,28,29);1-3H,(H,4,5). The Labute approximate surface area is 206 Å². The third kappa shape index (κ3) is 6.34. The summed E-state index contributed by atoms with van der Waals surface area (Å²) in [5.41, 5.74) is -0.192. The van der Waals surface area contributed by atoms with Gasteiger partial charge in [0.05, 0.1) is 17.9 Å². The Hall–Kier alpha value is -4.03. The normalized spacial score (nSPS) is 17.4. The van der Waals surface area contributed by atoms with E-state index in [0.717, 1.165) is 6.20 Å². The maximum absolute atomic E-state index is 12.9. The quantitative estimate of drug-likeness (QED) is 0.373. The van der Waals surface area contributed by atoms with E-state index in [-0.39, 0.29) is 35.4 Å². The first-order chi connectivity index (χ1) is 17.0. The van der Waals surface area contributed by atoms with Crippen molar-refractivity contribution in [2.24, 2.45) is 0 Å². The highest BCUT2D eigenvalue weighted by Crippen LogP contribution is 2.26. The van der Waals surface area contributed by atoms with Crippen molar-refractivity contribution < 1.29 is 29.0 Å². The molecule has 1 saturated heterocycles. The van der Waals surface area contributed by atoms with Gasteiger partial charge in [0.1, 0.15) is 11.6 Å². The van der Waals surface area contributed by atoms with Crippen molar-refractivity contribution >= 4 is 34.4 Å². The van der Waals surface area contributed by atoms with Gasteiger partial charge in [-0.25, -0.2) is 9.78 Å². The highest BCUT2D eigenvalue weighted by Gasteiger charge is 2.41. The van der Waals surface area contributed by atoms with Crippen LogP contribution < -0.4 is 10.7 Å². The van der Waals surface area contributed by atoms with Gasteiger partial charge in [0.15, 0.2) is 5.79 Å². The van der Waals surface area contributed by atoms with Crippen LogP contribution >= 0.6 is 0 Å². The molecular formula is C24H29N5O7. The summed E-state index contributed by atoms with van der Waals surface area (Å²) in [7, 11) is 1.52. The molecule has 1 aromatic carbocycles. The number of amides is 2. The maximum atomic E-state index is 12.9. The lowest BCUT2D eigenvalue weighted by atomic mass is 10.1. The first-order valence-electron chi connectivity index (χ1n) is 11.1. The van der Waals surface area contributed by atoms with Crippen LogP contribution in [0.5, 0.6) is 0 Å². The van der Waals surface area contributed by atoms with Gasteiger partial charge in [-0.1, -0.05) is 0 Å². The number of aromatic amines is 2. The van der Waals surface area contributed by atoms with Crippen molar-refractivity contribution in [2.75, 3.05) is 19.0 Å². The van der Waals surface area contributed by atoms with E-state index in [1.54, 1.807) is 32.6 Å². The molecule has 4 rings (SSSR count). The van der Waals surface area contributed by atoms with Crippen LogP contribution in [0, 0.1) is 0 Å². The van der Waals surface area contributed by atoms with E-state index in [0.29, 0.717) is 17.6 Å². The molecule has 192 valence electrons. The summed E-state index contributed by atoms with van der Waals surface area (Å²) < 4.78 is 11.1. The number of carboxylic acids is 1. The molecular weight excluding hydrogens is 470 g/mol. The molecule has 3 aromatic rings. The lowest BCUT2D eigenvalue weighted by molar-refractivity contribution is -0.220. The molecule has 2 amide bonds. The minimum Gasteiger partial charge on any atom is -0.477 e. The molecule has 2 atom stereocenters. The van der Waals surface area contributed by atoms with Gasteiger partial charge in [-0.3, -0.25) is 14.4 Å². The van der Waals surface area contributed by atoms with Gasteiger partial charge in [-0.15, -0.1) is 0 Å². The van der Waals surface area contributed by atoms with E-state index < -0.39 is 23.2 Å². The SMILES string of the molecule is COC(C)(C)OC1CC(C(=O)Nc2ccc3c(=O)c(C(=O)O)c[nH]c3c2)N(C(C)=O)C1.c1c[nH]cn1. The highest BCUT2D eigenvalue weighted by atomic mass is 16.7. The number of methoxy groups -OCH3 is 1. The van der Waals surface area contributed by atoms with Crippen LogP contribution in [0.2, 0.25) is 0 Å². The van der Waals surface area contributed by atoms with Crippen molar-refractivity contribution in [1.29, 1.82) is 0 Å². The summed E-state index contributed by atoms with van der Waals surface area (Å²) in [5, 5.41) is 12.0. The molecule has 12 heteroatoms. The summed E-state index contributed by atoms with van der Waals surface area (Å²) in [5.74, 6) is -2.80. The molecule has 0 spiro atoms. The molecule has 0 bridgehead atoms. The molecule has 0 aliphatic carbocycles. The zero-order valence-electron chi connectivity index (χ0n) is 20.4. The predicted molar refractivity (Wildman–Crippen MR) is 130 cm³/mol. The number of hydrogen-bond acceptors (Lipinski definition) is 7. The fraction of sp³-hybridized carbons (Fsp3) is 0.375. The van der Waals surface area contributed by atoms with Crippen LogP contribution in [-0.2, 0) is 19.1 Å². The molecule has 0 saturated carbocycles. The number of hydrogen-bond donors (Lipinski definition) is 4. The minimum absolute atomic E-state index is 0.194. The lowest BCUT2D eigenvalue weighted by Gasteiger charge is -2.27. The fourth-order valence-corrected chi connectivity index (χ4v) is 3.83. The third-order valence-corrected chi connectivity index (χ3v) is 5.70. The number of pyridine rings is 1. The number of benzene rings is 1. The van der Waals surface area contributed by atoms with Gasteiger partial charge in [-0.05, 0) is 32.0 Å².